The van der Waals surface area contributed by atoms with Gasteiger partial charge in [0.25, 0.3) is 0 Å². The smallest absolute Gasteiger partial charge is 0.0717 e. The first-order valence-corrected chi connectivity index (χ1v) is 8.32. The zero-order valence-electron chi connectivity index (χ0n) is 13.6. The van der Waals surface area contributed by atoms with E-state index in [1.807, 2.05) is 0 Å². The third-order valence-corrected chi connectivity index (χ3v) is 3.92. The Morgan fingerprint density at radius 2 is 1.76 bits per heavy atom. The van der Waals surface area contributed by atoms with Gasteiger partial charge >= 0.3 is 0 Å². The van der Waals surface area contributed by atoms with Crippen LogP contribution in [0, 0.1) is 5.92 Å². The van der Waals surface area contributed by atoms with Gasteiger partial charge in [0.1, 0.15) is 0 Å². The van der Waals surface area contributed by atoms with Gasteiger partial charge in [-0.3, -0.25) is 0 Å². The van der Waals surface area contributed by atoms with Gasteiger partial charge < -0.3 is 15.0 Å². The van der Waals surface area contributed by atoms with E-state index in [2.05, 4.69) is 48.3 Å². The Kier molecular flexibility index (Phi) is 7.20. The van der Waals surface area contributed by atoms with Crippen LogP contribution in [0.15, 0.2) is 24.3 Å². The number of hydrogen-bond donors (Lipinski definition) is 1. The Morgan fingerprint density at radius 3 is 2.43 bits per heavy atom. The first-order valence-electron chi connectivity index (χ1n) is 8.32. The number of nitrogens with one attached hydrogen (secondary N) is 1. The predicted molar refractivity (Wildman–Crippen MR) is 88.3 cm³/mol. The topological polar surface area (TPSA) is 24.5 Å². The number of nitrogens with zero attached hydrogens (tertiary/aromatic N) is 1. The Labute approximate surface area is 129 Å². The molecule has 0 saturated carbocycles. The Bertz CT molecular complexity index is 383. The van der Waals surface area contributed by atoms with Crippen LogP contribution in [0.1, 0.15) is 37.8 Å². The van der Waals surface area contributed by atoms with E-state index in [-0.39, 0.29) is 0 Å². The number of ether oxygens (including phenoxy) is 1. The van der Waals surface area contributed by atoms with Crippen molar-refractivity contribution in [1.29, 1.82) is 0 Å². The van der Waals surface area contributed by atoms with Crippen molar-refractivity contribution in [3.05, 3.63) is 35.4 Å². The summed E-state index contributed by atoms with van der Waals surface area (Å²) in [5.41, 5.74) is 2.61. The highest BCUT2D eigenvalue weighted by Crippen LogP contribution is 2.08. The standard InChI is InChI=1S/C18H30N2O/c1-16(2)13-19-14-17-5-7-18(8-6-17)15-21-12-11-20-9-3-4-10-20/h5-8,16,19H,3-4,9-15H2,1-2H3. The van der Waals surface area contributed by atoms with Crippen molar-refractivity contribution in [3.63, 3.8) is 0 Å². The lowest BCUT2D eigenvalue weighted by Gasteiger charge is -2.14. The summed E-state index contributed by atoms with van der Waals surface area (Å²) in [6.45, 7) is 11.6. The minimum Gasteiger partial charge on any atom is -0.375 e. The number of likely N-dealkylation sites (tertiary alicyclic amines) is 1. The minimum absolute atomic E-state index is 0.702. The lowest BCUT2D eigenvalue weighted by atomic mass is 10.1. The van der Waals surface area contributed by atoms with Crippen molar-refractivity contribution in [3.8, 4) is 0 Å². The minimum atomic E-state index is 0.702. The molecule has 1 aliphatic rings. The van der Waals surface area contributed by atoms with Crippen LogP contribution in [-0.4, -0.2) is 37.7 Å². The van der Waals surface area contributed by atoms with Crippen LogP contribution in [0.2, 0.25) is 0 Å². The van der Waals surface area contributed by atoms with Crippen molar-refractivity contribution in [2.24, 2.45) is 5.92 Å². The summed E-state index contributed by atoms with van der Waals surface area (Å²) in [7, 11) is 0. The quantitative estimate of drug-likeness (QED) is 0.708. The van der Waals surface area contributed by atoms with E-state index in [1.165, 1.54) is 37.1 Å². The summed E-state index contributed by atoms with van der Waals surface area (Å²) in [6, 6.07) is 8.77. The molecule has 0 radical (unpaired) electrons. The van der Waals surface area contributed by atoms with Gasteiger partial charge in [0.05, 0.1) is 13.2 Å². The fraction of sp³-hybridized carbons (Fsp3) is 0.667. The van der Waals surface area contributed by atoms with Crippen LogP contribution in [0.3, 0.4) is 0 Å². The average molecular weight is 290 g/mol. The first kappa shape index (κ1) is 16.5. The zero-order chi connectivity index (χ0) is 14.9. The van der Waals surface area contributed by atoms with E-state index in [0.717, 1.165) is 32.8 Å². The summed E-state index contributed by atoms with van der Waals surface area (Å²) in [4.78, 5) is 2.49. The number of rotatable bonds is 9. The van der Waals surface area contributed by atoms with Crippen LogP contribution < -0.4 is 5.32 Å². The molecule has 0 spiro atoms. The van der Waals surface area contributed by atoms with Gasteiger partial charge in [-0.2, -0.15) is 0 Å². The van der Waals surface area contributed by atoms with Gasteiger partial charge in [-0.25, -0.2) is 0 Å². The third-order valence-electron chi connectivity index (χ3n) is 3.92. The van der Waals surface area contributed by atoms with Gasteiger partial charge in [0.15, 0.2) is 0 Å². The molecule has 1 heterocycles. The maximum Gasteiger partial charge on any atom is 0.0717 e. The lowest BCUT2D eigenvalue weighted by molar-refractivity contribution is 0.0992. The van der Waals surface area contributed by atoms with Gasteiger partial charge in [0.2, 0.25) is 0 Å². The summed E-state index contributed by atoms with van der Waals surface area (Å²) < 4.78 is 5.78. The summed E-state index contributed by atoms with van der Waals surface area (Å²) >= 11 is 0. The highest BCUT2D eigenvalue weighted by atomic mass is 16.5. The molecule has 1 aromatic rings. The Morgan fingerprint density at radius 1 is 1.10 bits per heavy atom. The second-order valence-electron chi connectivity index (χ2n) is 6.44. The SMILES string of the molecule is CC(C)CNCc1ccc(COCCN2CCCC2)cc1. The van der Waals surface area contributed by atoms with Crippen molar-refractivity contribution in [2.45, 2.75) is 39.8 Å². The number of benzene rings is 1. The molecule has 0 aliphatic carbocycles. The molecule has 21 heavy (non-hydrogen) atoms. The molecule has 0 bridgehead atoms. The van der Waals surface area contributed by atoms with Crippen molar-refractivity contribution in [1.82, 2.24) is 10.2 Å². The van der Waals surface area contributed by atoms with Crippen LogP contribution in [0.25, 0.3) is 0 Å². The van der Waals surface area contributed by atoms with Crippen LogP contribution >= 0.6 is 0 Å². The van der Waals surface area contributed by atoms with Gasteiger partial charge in [-0.05, 0) is 49.5 Å². The average Bonchev–Trinajstić information content (AvgIpc) is 2.98. The fourth-order valence-corrected chi connectivity index (χ4v) is 2.65. The number of hydrogen-bond acceptors (Lipinski definition) is 3. The van der Waals surface area contributed by atoms with E-state index in [9.17, 15) is 0 Å². The first-order chi connectivity index (χ1) is 10.2. The van der Waals surface area contributed by atoms with E-state index in [1.54, 1.807) is 0 Å². The van der Waals surface area contributed by atoms with E-state index in [4.69, 9.17) is 4.74 Å². The van der Waals surface area contributed by atoms with Crippen molar-refractivity contribution >= 4 is 0 Å². The second kappa shape index (κ2) is 9.19. The maximum absolute atomic E-state index is 5.78. The molecule has 3 heteroatoms. The molecule has 1 saturated heterocycles. The van der Waals surface area contributed by atoms with E-state index >= 15 is 0 Å². The summed E-state index contributed by atoms with van der Waals surface area (Å²) in [5, 5.41) is 3.47. The van der Waals surface area contributed by atoms with Gasteiger partial charge in [0, 0.05) is 13.1 Å². The monoisotopic (exact) mass is 290 g/mol. The third kappa shape index (κ3) is 6.60. The predicted octanol–water partition coefficient (Wildman–Crippen LogP) is 3.04. The van der Waals surface area contributed by atoms with Gasteiger partial charge in [-0.1, -0.05) is 38.1 Å². The Balaban J connectivity index is 1.60. The molecule has 2 rings (SSSR count). The molecule has 1 fully saturated rings. The van der Waals surface area contributed by atoms with Crippen LogP contribution in [0.4, 0.5) is 0 Å². The normalized spacial score (nSPS) is 16.0. The molecule has 3 nitrogen and oxygen atoms in total. The second-order valence-corrected chi connectivity index (χ2v) is 6.44. The summed E-state index contributed by atoms with van der Waals surface area (Å²) in [6.07, 6.45) is 2.71. The van der Waals surface area contributed by atoms with Crippen LogP contribution in [-0.2, 0) is 17.9 Å². The molecule has 1 aliphatic heterocycles. The summed E-state index contributed by atoms with van der Waals surface area (Å²) in [5.74, 6) is 0.702. The molecule has 0 unspecified atom stereocenters. The van der Waals surface area contributed by atoms with E-state index < -0.39 is 0 Å². The fourth-order valence-electron chi connectivity index (χ4n) is 2.65. The lowest BCUT2D eigenvalue weighted by Crippen LogP contribution is -2.23. The molecule has 0 aromatic heterocycles. The molecular formula is C18H30N2O. The van der Waals surface area contributed by atoms with Crippen LogP contribution in [0.5, 0.6) is 0 Å². The van der Waals surface area contributed by atoms with Gasteiger partial charge in [-0.15, -0.1) is 0 Å². The molecule has 1 aromatic carbocycles. The van der Waals surface area contributed by atoms with Crippen molar-refractivity contribution < 1.29 is 4.74 Å². The largest absolute Gasteiger partial charge is 0.375 e. The highest BCUT2D eigenvalue weighted by Gasteiger charge is 2.10. The molecule has 0 atom stereocenters. The molecule has 1 N–H and O–H groups in total. The maximum atomic E-state index is 5.78. The molecule has 118 valence electrons. The Hall–Kier alpha value is -0.900. The van der Waals surface area contributed by atoms with Crippen molar-refractivity contribution in [2.75, 3.05) is 32.8 Å². The highest BCUT2D eigenvalue weighted by molar-refractivity contribution is 5.21. The van der Waals surface area contributed by atoms with E-state index in [0.29, 0.717) is 5.92 Å². The molecular weight excluding hydrogens is 260 g/mol. The zero-order valence-corrected chi connectivity index (χ0v) is 13.6. The molecule has 0 amide bonds.